The van der Waals surface area contributed by atoms with Crippen LogP contribution in [0.1, 0.15) is 43.9 Å². The quantitative estimate of drug-likeness (QED) is 0.693. The van der Waals surface area contributed by atoms with E-state index < -0.39 is 0 Å². The zero-order chi connectivity index (χ0) is 14.5. The summed E-state index contributed by atoms with van der Waals surface area (Å²) >= 11 is 0. The molecule has 1 atom stereocenters. The van der Waals surface area contributed by atoms with E-state index in [2.05, 4.69) is 55.9 Å². The van der Waals surface area contributed by atoms with Gasteiger partial charge in [-0.15, -0.1) is 6.58 Å². The molecule has 20 heavy (non-hydrogen) atoms. The normalized spacial score (nSPS) is 12.3. The van der Waals surface area contributed by atoms with Crippen molar-refractivity contribution in [3.63, 3.8) is 0 Å². The van der Waals surface area contributed by atoms with Crippen LogP contribution in [0, 0.1) is 0 Å². The van der Waals surface area contributed by atoms with E-state index in [1.807, 2.05) is 17.8 Å². The molecule has 0 spiro atoms. The van der Waals surface area contributed by atoms with Crippen LogP contribution in [0.15, 0.2) is 43.0 Å². The van der Waals surface area contributed by atoms with E-state index in [0.29, 0.717) is 5.92 Å². The van der Waals surface area contributed by atoms with E-state index in [1.165, 1.54) is 35.4 Å². The topological polar surface area (TPSA) is 17.8 Å². The van der Waals surface area contributed by atoms with Crippen LogP contribution in [-0.4, -0.2) is 9.78 Å². The Morgan fingerprint density at radius 1 is 1.30 bits per heavy atom. The molecular weight excluding hydrogens is 244 g/mol. The van der Waals surface area contributed by atoms with E-state index in [-0.39, 0.29) is 0 Å². The molecule has 1 aromatic heterocycles. The van der Waals surface area contributed by atoms with Crippen molar-refractivity contribution in [1.29, 1.82) is 0 Å². The van der Waals surface area contributed by atoms with Crippen LogP contribution >= 0.6 is 0 Å². The maximum absolute atomic E-state index is 4.66. The highest BCUT2D eigenvalue weighted by molar-refractivity contribution is 5.60. The zero-order valence-corrected chi connectivity index (χ0v) is 12.8. The lowest BCUT2D eigenvalue weighted by Gasteiger charge is -2.04. The van der Waals surface area contributed by atoms with Gasteiger partial charge in [0, 0.05) is 13.0 Å². The SMILES string of the molecule is C=CCc1ccc(-c2cc(C(C)CCC)nn2C)cc1. The summed E-state index contributed by atoms with van der Waals surface area (Å²) in [6.07, 6.45) is 5.24. The fourth-order valence-electron chi connectivity index (χ4n) is 2.56. The maximum atomic E-state index is 4.66. The molecule has 0 amide bonds. The van der Waals surface area contributed by atoms with Crippen LogP contribution in [-0.2, 0) is 13.5 Å². The fraction of sp³-hybridized carbons (Fsp3) is 0.389. The molecule has 0 radical (unpaired) electrons. The Balaban J connectivity index is 2.26. The van der Waals surface area contributed by atoms with Crippen molar-refractivity contribution in [3.05, 3.63) is 54.2 Å². The smallest absolute Gasteiger partial charge is 0.0681 e. The molecule has 2 aromatic rings. The van der Waals surface area contributed by atoms with Gasteiger partial charge in [-0.2, -0.15) is 5.10 Å². The molecule has 0 N–H and O–H groups in total. The second-order valence-corrected chi connectivity index (χ2v) is 5.46. The van der Waals surface area contributed by atoms with Gasteiger partial charge in [0.1, 0.15) is 0 Å². The Labute approximate surface area is 122 Å². The van der Waals surface area contributed by atoms with E-state index in [0.717, 1.165) is 6.42 Å². The average Bonchev–Trinajstić information content (AvgIpc) is 2.83. The Kier molecular flexibility index (Phi) is 4.78. The number of benzene rings is 1. The van der Waals surface area contributed by atoms with Crippen LogP contribution in [0.5, 0.6) is 0 Å². The van der Waals surface area contributed by atoms with Gasteiger partial charge in [0.2, 0.25) is 0 Å². The standard InChI is InChI=1S/C18H24N2/c1-5-7-14(3)17-13-18(20(4)19-17)16-11-9-15(8-6-2)10-12-16/h6,9-14H,2,5,7-8H2,1,3-4H3. The first-order chi connectivity index (χ1) is 9.65. The predicted octanol–water partition coefficient (Wildman–Crippen LogP) is 4.72. The van der Waals surface area contributed by atoms with Gasteiger partial charge in [-0.1, -0.05) is 50.6 Å². The highest BCUT2D eigenvalue weighted by Crippen LogP contribution is 2.26. The monoisotopic (exact) mass is 268 g/mol. The van der Waals surface area contributed by atoms with Gasteiger partial charge >= 0.3 is 0 Å². The minimum absolute atomic E-state index is 0.528. The third-order valence-electron chi connectivity index (χ3n) is 3.76. The molecule has 0 aliphatic carbocycles. The number of hydrogen-bond donors (Lipinski definition) is 0. The molecule has 0 fully saturated rings. The summed E-state index contributed by atoms with van der Waals surface area (Å²) in [6, 6.07) is 10.9. The summed E-state index contributed by atoms with van der Waals surface area (Å²) in [7, 11) is 2.02. The van der Waals surface area contributed by atoms with E-state index in [4.69, 9.17) is 0 Å². The number of aryl methyl sites for hydroxylation is 1. The predicted molar refractivity (Wildman–Crippen MR) is 85.9 cm³/mol. The fourth-order valence-corrected chi connectivity index (χ4v) is 2.56. The van der Waals surface area contributed by atoms with Gasteiger partial charge in [0.05, 0.1) is 11.4 Å². The van der Waals surface area contributed by atoms with Crippen LogP contribution < -0.4 is 0 Å². The van der Waals surface area contributed by atoms with Crippen molar-refractivity contribution in [3.8, 4) is 11.3 Å². The minimum atomic E-state index is 0.528. The number of rotatable bonds is 6. The van der Waals surface area contributed by atoms with Crippen molar-refractivity contribution in [2.24, 2.45) is 7.05 Å². The van der Waals surface area contributed by atoms with Gasteiger partial charge < -0.3 is 0 Å². The lowest BCUT2D eigenvalue weighted by molar-refractivity contribution is 0.626. The average molecular weight is 268 g/mol. The van der Waals surface area contributed by atoms with Crippen LogP contribution in [0.4, 0.5) is 0 Å². The second kappa shape index (κ2) is 6.56. The molecule has 2 heteroatoms. The third-order valence-corrected chi connectivity index (χ3v) is 3.76. The van der Waals surface area contributed by atoms with Gasteiger partial charge in [-0.25, -0.2) is 0 Å². The summed E-state index contributed by atoms with van der Waals surface area (Å²) < 4.78 is 1.99. The minimum Gasteiger partial charge on any atom is -0.268 e. The Hall–Kier alpha value is -1.83. The first-order valence-electron chi connectivity index (χ1n) is 7.39. The molecule has 0 saturated heterocycles. The van der Waals surface area contributed by atoms with Gasteiger partial charge in [0.25, 0.3) is 0 Å². The van der Waals surface area contributed by atoms with Gasteiger partial charge in [-0.3, -0.25) is 4.68 Å². The molecule has 0 aliphatic heterocycles. The lowest BCUT2D eigenvalue weighted by atomic mass is 10.0. The summed E-state index contributed by atoms with van der Waals surface area (Å²) in [4.78, 5) is 0. The molecule has 0 saturated carbocycles. The molecule has 2 nitrogen and oxygen atoms in total. The molecule has 106 valence electrons. The van der Waals surface area contributed by atoms with Crippen molar-refractivity contribution >= 4 is 0 Å². The third kappa shape index (κ3) is 3.19. The van der Waals surface area contributed by atoms with E-state index in [1.54, 1.807) is 0 Å². The molecule has 1 aromatic carbocycles. The molecule has 0 bridgehead atoms. The summed E-state index contributed by atoms with van der Waals surface area (Å²) in [5, 5.41) is 4.66. The second-order valence-electron chi connectivity index (χ2n) is 5.46. The number of hydrogen-bond acceptors (Lipinski definition) is 1. The Bertz CT molecular complexity index is 564. The number of aromatic nitrogens is 2. The van der Waals surface area contributed by atoms with Crippen molar-refractivity contribution in [1.82, 2.24) is 9.78 Å². The highest BCUT2D eigenvalue weighted by Gasteiger charge is 2.12. The van der Waals surface area contributed by atoms with E-state index in [9.17, 15) is 0 Å². The molecule has 1 heterocycles. The van der Waals surface area contributed by atoms with Crippen LogP contribution in [0.2, 0.25) is 0 Å². The Morgan fingerprint density at radius 2 is 2.00 bits per heavy atom. The van der Waals surface area contributed by atoms with Crippen molar-refractivity contribution in [2.45, 2.75) is 39.0 Å². The number of allylic oxidation sites excluding steroid dienone is 1. The van der Waals surface area contributed by atoms with Crippen molar-refractivity contribution in [2.75, 3.05) is 0 Å². The zero-order valence-electron chi connectivity index (χ0n) is 12.8. The van der Waals surface area contributed by atoms with Gasteiger partial charge in [-0.05, 0) is 30.0 Å². The number of nitrogens with zero attached hydrogens (tertiary/aromatic N) is 2. The maximum Gasteiger partial charge on any atom is 0.0681 e. The largest absolute Gasteiger partial charge is 0.268 e. The molecular formula is C18H24N2. The Morgan fingerprint density at radius 3 is 2.60 bits per heavy atom. The first kappa shape index (κ1) is 14.6. The summed E-state index contributed by atoms with van der Waals surface area (Å²) in [5.74, 6) is 0.528. The van der Waals surface area contributed by atoms with Gasteiger partial charge in [0.15, 0.2) is 0 Å². The lowest BCUT2D eigenvalue weighted by Crippen LogP contribution is -1.97. The highest BCUT2D eigenvalue weighted by atomic mass is 15.3. The molecule has 2 rings (SSSR count). The molecule has 1 unspecified atom stereocenters. The summed E-state index contributed by atoms with van der Waals surface area (Å²) in [5.41, 5.74) is 4.90. The summed E-state index contributed by atoms with van der Waals surface area (Å²) in [6.45, 7) is 8.25. The first-order valence-corrected chi connectivity index (χ1v) is 7.39. The van der Waals surface area contributed by atoms with Crippen LogP contribution in [0.25, 0.3) is 11.3 Å². The van der Waals surface area contributed by atoms with Crippen molar-refractivity contribution < 1.29 is 0 Å². The van der Waals surface area contributed by atoms with Crippen LogP contribution in [0.3, 0.4) is 0 Å². The molecule has 0 aliphatic rings. The van der Waals surface area contributed by atoms with E-state index >= 15 is 0 Å².